The Labute approximate surface area is 203 Å². The van der Waals surface area contributed by atoms with Gasteiger partial charge in [-0.3, -0.25) is 14.5 Å². The fraction of sp³-hybridized carbons (Fsp3) is 0.423. The van der Waals surface area contributed by atoms with E-state index in [1.807, 2.05) is 19.0 Å². The number of nitrogens with zero attached hydrogens (tertiary/aromatic N) is 3. The number of amides is 4. The predicted molar refractivity (Wildman–Crippen MR) is 127 cm³/mol. The second kappa shape index (κ2) is 10.1. The van der Waals surface area contributed by atoms with Crippen LogP contribution in [0.2, 0.25) is 0 Å². The molecule has 0 saturated carbocycles. The first kappa shape index (κ1) is 24.8. The summed E-state index contributed by atoms with van der Waals surface area (Å²) in [5.74, 6) is -1.97. The smallest absolute Gasteiger partial charge is 0.325 e. The number of likely N-dealkylation sites (tertiary alicyclic amines) is 1. The lowest BCUT2D eigenvalue weighted by atomic mass is 9.73. The van der Waals surface area contributed by atoms with Gasteiger partial charge in [0.05, 0.1) is 5.56 Å². The Balaban J connectivity index is 1.57. The van der Waals surface area contributed by atoms with Crippen molar-refractivity contribution in [2.75, 3.05) is 40.3 Å². The molecule has 35 heavy (non-hydrogen) atoms. The zero-order chi connectivity index (χ0) is 25.2. The second-order valence-corrected chi connectivity index (χ2v) is 9.51. The van der Waals surface area contributed by atoms with Gasteiger partial charge < -0.3 is 15.1 Å². The molecule has 0 aromatic heterocycles. The average molecular weight is 485 g/mol. The number of halogens is 2. The third kappa shape index (κ3) is 5.05. The van der Waals surface area contributed by atoms with E-state index in [1.165, 1.54) is 35.2 Å². The number of nitrogens with one attached hydrogen (secondary N) is 1. The predicted octanol–water partition coefficient (Wildman–Crippen LogP) is 2.91. The minimum Gasteiger partial charge on any atom is -0.339 e. The normalized spacial score (nSPS) is 21.1. The van der Waals surface area contributed by atoms with Crippen LogP contribution in [-0.4, -0.2) is 78.4 Å². The molecule has 2 aromatic rings. The van der Waals surface area contributed by atoms with Gasteiger partial charge in [0.2, 0.25) is 0 Å². The molecule has 2 aliphatic rings. The van der Waals surface area contributed by atoms with Crippen molar-refractivity contribution in [1.29, 1.82) is 0 Å². The Kier molecular flexibility index (Phi) is 7.16. The highest BCUT2D eigenvalue weighted by Gasteiger charge is 2.56. The van der Waals surface area contributed by atoms with E-state index in [9.17, 15) is 23.2 Å². The van der Waals surface area contributed by atoms with Crippen LogP contribution in [0.5, 0.6) is 0 Å². The lowest BCUT2D eigenvalue weighted by Gasteiger charge is -2.41. The Bertz CT molecular complexity index is 1120. The quantitative estimate of drug-likeness (QED) is 0.614. The zero-order valence-electron chi connectivity index (χ0n) is 20.0. The number of hydrogen-bond acceptors (Lipinski definition) is 4. The molecular formula is C26H30F2N4O3. The summed E-state index contributed by atoms with van der Waals surface area (Å²) in [4.78, 5) is 44.2. The van der Waals surface area contributed by atoms with Crippen LogP contribution in [0.1, 0.15) is 28.8 Å². The van der Waals surface area contributed by atoms with Gasteiger partial charge in [-0.15, -0.1) is 0 Å². The van der Waals surface area contributed by atoms with Crippen molar-refractivity contribution in [3.05, 3.63) is 71.3 Å². The van der Waals surface area contributed by atoms with E-state index < -0.39 is 29.1 Å². The first-order valence-corrected chi connectivity index (χ1v) is 11.8. The molecule has 1 unspecified atom stereocenters. The largest absolute Gasteiger partial charge is 0.339 e. The molecule has 0 spiro atoms. The third-order valence-electron chi connectivity index (χ3n) is 6.93. The molecule has 2 aromatic carbocycles. The molecule has 9 heteroatoms. The SMILES string of the molecule is CN(C)CCN1C(=O)NC(Cc2cccc(F)c2)(C2CCN(C(=O)c3ccccc3F)CC2)C1=O. The Morgan fingerprint density at radius 3 is 2.46 bits per heavy atom. The molecule has 4 rings (SSSR count). The summed E-state index contributed by atoms with van der Waals surface area (Å²) in [5.41, 5.74) is -0.608. The minimum absolute atomic E-state index is 0.0144. The van der Waals surface area contributed by atoms with Gasteiger partial charge in [-0.1, -0.05) is 24.3 Å². The van der Waals surface area contributed by atoms with Crippen LogP contribution in [0, 0.1) is 17.6 Å². The van der Waals surface area contributed by atoms with Gasteiger partial charge in [-0.25, -0.2) is 13.6 Å². The lowest BCUT2D eigenvalue weighted by Crippen LogP contribution is -2.58. The zero-order valence-corrected chi connectivity index (χ0v) is 20.0. The number of hydrogen-bond donors (Lipinski definition) is 1. The summed E-state index contributed by atoms with van der Waals surface area (Å²) in [6.07, 6.45) is 1.05. The highest BCUT2D eigenvalue weighted by molar-refractivity contribution is 6.07. The number of urea groups is 1. The molecule has 186 valence electrons. The molecule has 0 bridgehead atoms. The highest BCUT2D eigenvalue weighted by atomic mass is 19.1. The standard InChI is InChI=1S/C26H30F2N4O3/c1-30(2)14-15-32-24(34)26(29-25(32)35,17-18-6-5-7-20(27)16-18)19-10-12-31(13-11-19)23(33)21-8-3-4-9-22(21)28/h3-9,16,19H,10-15,17H2,1-2H3,(H,29,35). The van der Waals surface area contributed by atoms with E-state index in [0.29, 0.717) is 38.0 Å². The average Bonchev–Trinajstić information content (AvgIpc) is 3.07. The van der Waals surface area contributed by atoms with E-state index in [1.54, 1.807) is 23.1 Å². The van der Waals surface area contributed by atoms with Crippen molar-refractivity contribution >= 4 is 17.8 Å². The van der Waals surface area contributed by atoms with Gasteiger partial charge >= 0.3 is 6.03 Å². The number of likely N-dealkylation sites (N-methyl/N-ethyl adjacent to an activating group) is 1. The molecule has 2 heterocycles. The Morgan fingerprint density at radius 1 is 1.09 bits per heavy atom. The molecule has 1 N–H and O–H groups in total. The lowest BCUT2D eigenvalue weighted by molar-refractivity contribution is -0.134. The monoisotopic (exact) mass is 484 g/mol. The molecule has 2 saturated heterocycles. The Morgan fingerprint density at radius 2 is 1.80 bits per heavy atom. The van der Waals surface area contributed by atoms with Crippen LogP contribution in [0.4, 0.5) is 13.6 Å². The van der Waals surface area contributed by atoms with Crippen LogP contribution in [0.15, 0.2) is 48.5 Å². The molecule has 2 aliphatic heterocycles. The maximum absolute atomic E-state index is 14.1. The van der Waals surface area contributed by atoms with Crippen molar-refractivity contribution in [2.24, 2.45) is 5.92 Å². The summed E-state index contributed by atoms with van der Waals surface area (Å²) in [7, 11) is 3.72. The van der Waals surface area contributed by atoms with E-state index in [-0.39, 0.29) is 30.4 Å². The van der Waals surface area contributed by atoms with Crippen LogP contribution in [0.3, 0.4) is 0 Å². The number of carbonyl (C=O) groups excluding carboxylic acids is 3. The van der Waals surface area contributed by atoms with E-state index in [0.717, 1.165) is 0 Å². The van der Waals surface area contributed by atoms with Crippen LogP contribution < -0.4 is 5.32 Å². The first-order valence-electron chi connectivity index (χ1n) is 11.8. The maximum atomic E-state index is 14.1. The molecule has 4 amide bonds. The number of carbonyl (C=O) groups is 3. The third-order valence-corrected chi connectivity index (χ3v) is 6.93. The number of piperidine rings is 1. The van der Waals surface area contributed by atoms with E-state index >= 15 is 0 Å². The van der Waals surface area contributed by atoms with Gasteiger partial charge in [0.25, 0.3) is 11.8 Å². The fourth-order valence-electron chi connectivity index (χ4n) is 5.04. The van der Waals surface area contributed by atoms with Crippen molar-refractivity contribution in [1.82, 2.24) is 20.0 Å². The summed E-state index contributed by atoms with van der Waals surface area (Å²) in [5, 5.41) is 2.95. The topological polar surface area (TPSA) is 73.0 Å². The molecule has 1 atom stereocenters. The van der Waals surface area contributed by atoms with E-state index in [2.05, 4.69) is 5.32 Å². The second-order valence-electron chi connectivity index (χ2n) is 9.51. The molecule has 7 nitrogen and oxygen atoms in total. The van der Waals surface area contributed by atoms with Crippen molar-refractivity contribution in [2.45, 2.75) is 24.8 Å². The highest BCUT2D eigenvalue weighted by Crippen LogP contribution is 2.37. The molecular weight excluding hydrogens is 454 g/mol. The van der Waals surface area contributed by atoms with Gasteiger partial charge in [-0.2, -0.15) is 0 Å². The van der Waals surface area contributed by atoms with Gasteiger partial charge in [-0.05, 0) is 62.7 Å². The fourth-order valence-corrected chi connectivity index (χ4v) is 5.04. The minimum atomic E-state index is -1.23. The maximum Gasteiger partial charge on any atom is 0.325 e. The summed E-state index contributed by atoms with van der Waals surface area (Å²) < 4.78 is 28.1. The Hall–Kier alpha value is -3.33. The molecule has 0 radical (unpaired) electrons. The summed E-state index contributed by atoms with van der Waals surface area (Å²) >= 11 is 0. The first-order chi connectivity index (χ1) is 16.7. The number of rotatable bonds is 7. The van der Waals surface area contributed by atoms with Gasteiger partial charge in [0.1, 0.15) is 17.2 Å². The van der Waals surface area contributed by atoms with E-state index in [4.69, 9.17) is 0 Å². The van der Waals surface area contributed by atoms with Gasteiger partial charge in [0, 0.05) is 32.6 Å². The van der Waals surface area contributed by atoms with Crippen LogP contribution in [-0.2, 0) is 11.2 Å². The van der Waals surface area contributed by atoms with Crippen LogP contribution in [0.25, 0.3) is 0 Å². The van der Waals surface area contributed by atoms with Gasteiger partial charge in [0.15, 0.2) is 0 Å². The molecule has 2 fully saturated rings. The van der Waals surface area contributed by atoms with Crippen molar-refractivity contribution < 1.29 is 23.2 Å². The number of benzene rings is 2. The number of imide groups is 1. The van der Waals surface area contributed by atoms with Crippen LogP contribution >= 0.6 is 0 Å². The van der Waals surface area contributed by atoms with Crippen molar-refractivity contribution in [3.63, 3.8) is 0 Å². The summed E-state index contributed by atoms with van der Waals surface area (Å²) in [6.45, 7) is 1.41. The summed E-state index contributed by atoms with van der Waals surface area (Å²) in [6, 6.07) is 11.4. The molecule has 0 aliphatic carbocycles. The van der Waals surface area contributed by atoms with Crippen molar-refractivity contribution in [3.8, 4) is 0 Å².